The molecule has 8 nitrogen and oxygen atoms in total. The molecule has 216 valence electrons. The molecule has 8 heteroatoms. The number of aldehydes is 1. The van der Waals surface area contributed by atoms with Crippen molar-refractivity contribution in [2.75, 3.05) is 6.61 Å². The molecule has 6 aliphatic rings. The van der Waals surface area contributed by atoms with Crippen LogP contribution in [-0.4, -0.2) is 60.6 Å². The van der Waals surface area contributed by atoms with Crippen LogP contribution in [0, 0.1) is 51.2 Å². The Morgan fingerprint density at radius 2 is 1.87 bits per heavy atom. The maximum absolute atomic E-state index is 13.6. The number of epoxide rings is 1. The van der Waals surface area contributed by atoms with Gasteiger partial charge in [0.05, 0.1) is 23.5 Å². The van der Waals surface area contributed by atoms with Gasteiger partial charge in [0.2, 0.25) is 0 Å². The summed E-state index contributed by atoms with van der Waals surface area (Å²) < 4.78 is 24.4. The number of rotatable bonds is 7. The Balaban J connectivity index is 1.30. The maximum atomic E-state index is 13.6. The maximum Gasteiger partial charge on any atom is 0.315 e. The summed E-state index contributed by atoms with van der Waals surface area (Å²) in [4.78, 5) is 39.3. The summed E-state index contributed by atoms with van der Waals surface area (Å²) >= 11 is 0. The van der Waals surface area contributed by atoms with Crippen molar-refractivity contribution in [1.29, 1.82) is 0 Å². The van der Waals surface area contributed by atoms with Crippen molar-refractivity contribution in [1.82, 2.24) is 0 Å². The number of allylic oxidation sites excluding steroid dienone is 1. The number of aliphatic carboxylic acids is 1. The van der Waals surface area contributed by atoms with Crippen molar-refractivity contribution in [3.63, 3.8) is 0 Å². The van der Waals surface area contributed by atoms with E-state index in [-0.39, 0.29) is 42.5 Å². The SMILES string of the molecule is CC(C)C1=CC2CC3(C=O)C4CCC(C)C4CC2(CO[C@@H]2O[C@H](C)[C@@H](OC(=O)C(C)(C)C)[C@@H]4O[C@H]24)C13C(=O)O. The lowest BCUT2D eigenvalue weighted by Crippen LogP contribution is -2.64. The lowest BCUT2D eigenvalue weighted by molar-refractivity contribution is -0.239. The lowest BCUT2D eigenvalue weighted by Gasteiger charge is -2.58. The van der Waals surface area contributed by atoms with Crippen LogP contribution in [0.3, 0.4) is 0 Å². The Kier molecular flexibility index (Phi) is 6.06. The van der Waals surface area contributed by atoms with Gasteiger partial charge in [-0.05, 0) is 76.5 Å². The average Bonchev–Trinajstić information content (AvgIpc) is 3.46. The van der Waals surface area contributed by atoms with E-state index in [9.17, 15) is 19.5 Å². The molecule has 7 unspecified atom stereocenters. The van der Waals surface area contributed by atoms with E-state index in [1.807, 2.05) is 41.5 Å². The molecule has 39 heavy (non-hydrogen) atoms. The summed E-state index contributed by atoms with van der Waals surface area (Å²) in [7, 11) is 0. The van der Waals surface area contributed by atoms with Crippen LogP contribution in [0.2, 0.25) is 0 Å². The monoisotopic (exact) mass is 544 g/mol. The quantitative estimate of drug-likeness (QED) is 0.217. The average molecular weight is 545 g/mol. The summed E-state index contributed by atoms with van der Waals surface area (Å²) in [6.07, 6.45) is 4.16. The van der Waals surface area contributed by atoms with Crippen LogP contribution in [0.5, 0.6) is 0 Å². The minimum absolute atomic E-state index is 0.0147. The number of carboxylic acids is 1. The molecular formula is C31H44O8. The molecule has 6 rings (SSSR count). The Hall–Kier alpha value is -1.77. The lowest BCUT2D eigenvalue weighted by atomic mass is 9.43. The van der Waals surface area contributed by atoms with Crippen LogP contribution in [0.1, 0.15) is 74.1 Å². The van der Waals surface area contributed by atoms with E-state index in [1.165, 1.54) is 0 Å². The molecule has 2 aliphatic heterocycles. The highest BCUT2D eigenvalue weighted by atomic mass is 16.8. The van der Waals surface area contributed by atoms with E-state index < -0.39 is 46.1 Å². The van der Waals surface area contributed by atoms with Gasteiger partial charge in [0.1, 0.15) is 23.9 Å². The highest BCUT2D eigenvalue weighted by Crippen LogP contribution is 2.82. The first-order chi connectivity index (χ1) is 18.2. The van der Waals surface area contributed by atoms with E-state index in [0.29, 0.717) is 18.3 Å². The first-order valence-corrected chi connectivity index (χ1v) is 14.8. The molecule has 12 atom stereocenters. The molecular weight excluding hydrogens is 500 g/mol. The molecule has 5 fully saturated rings. The second kappa shape index (κ2) is 8.62. The topological polar surface area (TPSA) is 112 Å². The molecule has 0 aromatic rings. The van der Waals surface area contributed by atoms with Gasteiger partial charge in [-0.1, -0.05) is 38.8 Å². The zero-order chi connectivity index (χ0) is 28.3. The molecule has 2 saturated heterocycles. The molecule has 0 radical (unpaired) electrons. The zero-order valence-electron chi connectivity index (χ0n) is 24.3. The van der Waals surface area contributed by atoms with Gasteiger partial charge < -0.3 is 28.8 Å². The number of carboxylic acid groups (broad SMARTS) is 1. The van der Waals surface area contributed by atoms with Crippen molar-refractivity contribution in [3.8, 4) is 0 Å². The van der Waals surface area contributed by atoms with Gasteiger partial charge in [0, 0.05) is 5.41 Å². The van der Waals surface area contributed by atoms with Gasteiger partial charge in [-0.15, -0.1) is 0 Å². The first kappa shape index (κ1) is 27.4. The molecule has 1 N–H and O–H groups in total. The fraction of sp³-hybridized carbons (Fsp3) is 0.839. The van der Waals surface area contributed by atoms with Crippen LogP contribution < -0.4 is 0 Å². The van der Waals surface area contributed by atoms with Crippen molar-refractivity contribution in [3.05, 3.63) is 11.6 Å². The molecule has 4 bridgehead atoms. The third-order valence-electron chi connectivity index (χ3n) is 11.4. The summed E-state index contributed by atoms with van der Waals surface area (Å²) in [5.74, 6) is -0.381. The number of esters is 1. The predicted octanol–water partition coefficient (Wildman–Crippen LogP) is 4.40. The summed E-state index contributed by atoms with van der Waals surface area (Å²) in [6.45, 7) is 13.8. The fourth-order valence-electron chi connectivity index (χ4n) is 9.72. The molecule has 0 amide bonds. The highest BCUT2D eigenvalue weighted by molar-refractivity contribution is 5.90. The first-order valence-electron chi connectivity index (χ1n) is 14.8. The van der Waals surface area contributed by atoms with Crippen molar-refractivity contribution >= 4 is 18.2 Å². The van der Waals surface area contributed by atoms with Crippen molar-refractivity contribution in [2.45, 2.75) is 105 Å². The molecule has 2 heterocycles. The van der Waals surface area contributed by atoms with Gasteiger partial charge in [-0.25, -0.2) is 0 Å². The molecule has 0 aromatic carbocycles. The Morgan fingerprint density at radius 1 is 1.15 bits per heavy atom. The number of hydrogen-bond donors (Lipinski definition) is 1. The van der Waals surface area contributed by atoms with Crippen LogP contribution in [-0.2, 0) is 33.3 Å². The number of carbonyl (C=O) groups is 3. The Labute approximate surface area is 231 Å². The second-order valence-corrected chi connectivity index (χ2v) is 14.7. The van der Waals surface area contributed by atoms with Gasteiger partial charge in [-0.2, -0.15) is 0 Å². The number of ether oxygens (including phenoxy) is 4. The summed E-state index contributed by atoms with van der Waals surface area (Å²) in [5, 5.41) is 11.1. The standard InChI is InChI=1S/C31H44O8/c1-15(2)21-10-18-11-29(13-32)20-9-8-16(3)19(20)12-30(18,31(21,29)26(33)34)14-36-25-24-23(38-24)22(17(4)37-25)39-27(35)28(5,6)7/h10,13,15-20,22-25H,8-9,11-12,14H2,1-7H3,(H,33,34)/t16?,17-,18?,19?,20?,22-,23+,24+,25-,29?,30?,31?/m1/s1. The largest absolute Gasteiger partial charge is 0.481 e. The highest BCUT2D eigenvalue weighted by Gasteiger charge is 2.84. The summed E-state index contributed by atoms with van der Waals surface area (Å²) in [6, 6.07) is 0. The van der Waals surface area contributed by atoms with Crippen LogP contribution in [0.15, 0.2) is 11.6 Å². The second-order valence-electron chi connectivity index (χ2n) is 14.7. The van der Waals surface area contributed by atoms with Crippen LogP contribution in [0.25, 0.3) is 0 Å². The Bertz CT molecular complexity index is 1100. The zero-order valence-corrected chi connectivity index (χ0v) is 24.3. The van der Waals surface area contributed by atoms with E-state index in [4.69, 9.17) is 18.9 Å². The molecule has 3 saturated carbocycles. The van der Waals surface area contributed by atoms with Gasteiger partial charge >= 0.3 is 11.9 Å². The van der Waals surface area contributed by atoms with E-state index in [0.717, 1.165) is 31.1 Å². The fourth-order valence-corrected chi connectivity index (χ4v) is 9.72. The van der Waals surface area contributed by atoms with E-state index in [2.05, 4.69) is 13.0 Å². The predicted molar refractivity (Wildman–Crippen MR) is 140 cm³/mol. The normalized spacial score (nSPS) is 49.3. The van der Waals surface area contributed by atoms with Crippen molar-refractivity contribution < 1.29 is 38.4 Å². The Morgan fingerprint density at radius 3 is 2.49 bits per heavy atom. The minimum Gasteiger partial charge on any atom is -0.481 e. The van der Waals surface area contributed by atoms with Gasteiger partial charge in [-0.3, -0.25) is 9.59 Å². The smallest absolute Gasteiger partial charge is 0.315 e. The number of fused-ring (bicyclic) bond motifs is 3. The van der Waals surface area contributed by atoms with Gasteiger partial charge in [0.25, 0.3) is 0 Å². The van der Waals surface area contributed by atoms with Crippen LogP contribution >= 0.6 is 0 Å². The van der Waals surface area contributed by atoms with E-state index in [1.54, 1.807) is 0 Å². The minimum atomic E-state index is -1.28. The summed E-state index contributed by atoms with van der Waals surface area (Å²) in [5.41, 5.74) is -2.65. The third-order valence-corrected chi connectivity index (χ3v) is 11.4. The third kappa shape index (κ3) is 3.37. The van der Waals surface area contributed by atoms with Gasteiger partial charge in [0.15, 0.2) is 12.4 Å². The van der Waals surface area contributed by atoms with Crippen molar-refractivity contribution in [2.24, 2.45) is 51.2 Å². The molecule has 4 aliphatic carbocycles. The molecule has 0 aromatic heterocycles. The number of hydrogen-bond acceptors (Lipinski definition) is 7. The number of carbonyl (C=O) groups excluding carboxylic acids is 2. The van der Waals surface area contributed by atoms with E-state index >= 15 is 0 Å². The van der Waals surface area contributed by atoms with Crippen LogP contribution in [0.4, 0.5) is 0 Å². The molecule has 0 spiro atoms.